The zero-order valence-corrected chi connectivity index (χ0v) is 11.8. The summed E-state index contributed by atoms with van der Waals surface area (Å²) < 4.78 is 0. The van der Waals surface area contributed by atoms with Gasteiger partial charge in [-0.2, -0.15) is 0 Å². The van der Waals surface area contributed by atoms with Gasteiger partial charge in [-0.25, -0.2) is 9.59 Å². The van der Waals surface area contributed by atoms with E-state index in [2.05, 4.69) is 5.32 Å². The highest BCUT2D eigenvalue weighted by atomic mass is 16.4. The highest BCUT2D eigenvalue weighted by molar-refractivity contribution is 6.04. The van der Waals surface area contributed by atoms with E-state index in [9.17, 15) is 19.2 Å². The molecule has 112 valence electrons. The Kier molecular flexibility index (Phi) is 5.06. The molecule has 4 amide bonds. The minimum absolute atomic E-state index is 0.0696. The molecular weight excluding hydrogens is 266 g/mol. The van der Waals surface area contributed by atoms with Gasteiger partial charge in [0.1, 0.15) is 19.1 Å². The molecular formula is C12H19N3O5. The van der Waals surface area contributed by atoms with E-state index in [4.69, 9.17) is 5.11 Å². The van der Waals surface area contributed by atoms with Crippen LogP contribution >= 0.6 is 0 Å². The van der Waals surface area contributed by atoms with E-state index in [1.807, 2.05) is 6.92 Å². The van der Waals surface area contributed by atoms with Crippen LogP contribution in [0.3, 0.4) is 0 Å². The quantitative estimate of drug-likeness (QED) is 0.639. The summed E-state index contributed by atoms with van der Waals surface area (Å²) in [5.74, 6) is -2.51. The number of carbonyl (C=O) groups is 4. The summed E-state index contributed by atoms with van der Waals surface area (Å²) in [6.07, 6.45) is 0.585. The van der Waals surface area contributed by atoms with Crippen LogP contribution in [0.5, 0.6) is 0 Å². The van der Waals surface area contributed by atoms with Crippen LogP contribution in [-0.4, -0.2) is 64.9 Å². The summed E-state index contributed by atoms with van der Waals surface area (Å²) in [6.45, 7) is 3.00. The lowest BCUT2D eigenvalue weighted by Gasteiger charge is -2.21. The molecule has 20 heavy (non-hydrogen) atoms. The van der Waals surface area contributed by atoms with Crippen LogP contribution in [0.15, 0.2) is 0 Å². The Morgan fingerprint density at radius 3 is 2.40 bits per heavy atom. The van der Waals surface area contributed by atoms with Crippen molar-refractivity contribution >= 4 is 23.8 Å². The van der Waals surface area contributed by atoms with Crippen LogP contribution in [-0.2, 0) is 14.4 Å². The first-order valence-corrected chi connectivity index (χ1v) is 6.35. The third kappa shape index (κ3) is 3.46. The zero-order valence-electron chi connectivity index (χ0n) is 11.8. The summed E-state index contributed by atoms with van der Waals surface area (Å²) in [7, 11) is 1.46. The van der Waals surface area contributed by atoms with Crippen LogP contribution in [0.25, 0.3) is 0 Å². The summed E-state index contributed by atoms with van der Waals surface area (Å²) in [4.78, 5) is 48.0. The second kappa shape index (κ2) is 6.36. The Labute approximate surface area is 116 Å². The topological polar surface area (TPSA) is 107 Å². The van der Waals surface area contributed by atoms with Crippen molar-refractivity contribution in [1.29, 1.82) is 0 Å². The number of nitrogens with zero attached hydrogens (tertiary/aromatic N) is 2. The Morgan fingerprint density at radius 2 is 2.00 bits per heavy atom. The van der Waals surface area contributed by atoms with Gasteiger partial charge in [0, 0.05) is 7.05 Å². The fourth-order valence-electron chi connectivity index (χ4n) is 1.87. The second-order valence-electron chi connectivity index (χ2n) is 4.89. The molecule has 0 saturated carbocycles. The van der Waals surface area contributed by atoms with E-state index < -0.39 is 36.4 Å². The Hall–Kier alpha value is -2.12. The van der Waals surface area contributed by atoms with Crippen molar-refractivity contribution < 1.29 is 24.3 Å². The average molecular weight is 285 g/mol. The largest absolute Gasteiger partial charge is 0.480 e. The van der Waals surface area contributed by atoms with Gasteiger partial charge in [0.15, 0.2) is 0 Å². The fourth-order valence-corrected chi connectivity index (χ4v) is 1.87. The molecule has 1 aliphatic rings. The molecule has 8 nitrogen and oxygen atoms in total. The van der Waals surface area contributed by atoms with Crippen molar-refractivity contribution in [3.05, 3.63) is 0 Å². The van der Waals surface area contributed by atoms with Crippen molar-refractivity contribution in [3.63, 3.8) is 0 Å². The number of amides is 4. The summed E-state index contributed by atoms with van der Waals surface area (Å²) >= 11 is 0. The van der Waals surface area contributed by atoms with Gasteiger partial charge in [-0.15, -0.1) is 0 Å². The van der Waals surface area contributed by atoms with Gasteiger partial charge < -0.3 is 15.3 Å². The molecule has 0 radical (unpaired) electrons. The molecule has 0 aromatic rings. The molecule has 1 heterocycles. The fraction of sp³-hybridized carbons (Fsp3) is 0.667. The van der Waals surface area contributed by atoms with Gasteiger partial charge in [-0.05, 0) is 5.92 Å². The Balaban J connectivity index is 2.65. The Morgan fingerprint density at radius 1 is 1.40 bits per heavy atom. The van der Waals surface area contributed by atoms with Crippen molar-refractivity contribution in [2.45, 2.75) is 26.3 Å². The Bertz CT molecular complexity index is 437. The first-order chi connectivity index (χ1) is 9.27. The van der Waals surface area contributed by atoms with E-state index in [0.717, 1.165) is 4.90 Å². The van der Waals surface area contributed by atoms with Crippen LogP contribution in [0.1, 0.15) is 20.3 Å². The number of carboxylic acids is 1. The van der Waals surface area contributed by atoms with Crippen LogP contribution in [0.4, 0.5) is 4.79 Å². The predicted molar refractivity (Wildman–Crippen MR) is 68.8 cm³/mol. The number of carbonyl (C=O) groups excluding carboxylic acids is 3. The first-order valence-electron chi connectivity index (χ1n) is 6.35. The highest BCUT2D eigenvalue weighted by Gasteiger charge is 2.35. The van der Waals surface area contributed by atoms with Crippen molar-refractivity contribution in [2.24, 2.45) is 5.92 Å². The summed E-state index contributed by atoms with van der Waals surface area (Å²) in [6, 6.07) is -1.58. The summed E-state index contributed by atoms with van der Waals surface area (Å²) in [5.41, 5.74) is 0. The maximum absolute atomic E-state index is 11.8. The maximum Gasteiger partial charge on any atom is 0.327 e. The molecule has 1 saturated heterocycles. The van der Waals surface area contributed by atoms with Gasteiger partial charge in [0.05, 0.1) is 0 Å². The molecule has 2 atom stereocenters. The van der Waals surface area contributed by atoms with Gasteiger partial charge in [-0.1, -0.05) is 20.3 Å². The van der Waals surface area contributed by atoms with E-state index in [-0.39, 0.29) is 12.5 Å². The predicted octanol–water partition coefficient (Wildman–Crippen LogP) is -0.504. The first kappa shape index (κ1) is 15.9. The number of hydrogen-bond acceptors (Lipinski definition) is 4. The molecule has 0 aromatic carbocycles. The number of carboxylic acid groups (broad SMARTS) is 1. The highest BCUT2D eigenvalue weighted by Crippen LogP contribution is 2.10. The molecule has 1 aliphatic heterocycles. The van der Waals surface area contributed by atoms with E-state index in [0.29, 0.717) is 6.42 Å². The van der Waals surface area contributed by atoms with Gasteiger partial charge in [0.25, 0.3) is 5.91 Å². The SMILES string of the molecule is CCC(C)[C@H](NC(=O)CN1C(=O)CN(C)C1=O)C(=O)O. The molecule has 1 rings (SSSR count). The molecule has 0 aliphatic carbocycles. The molecule has 0 aromatic heterocycles. The molecule has 8 heteroatoms. The standard InChI is InChI=1S/C12H19N3O5/c1-4-7(2)10(11(18)19)13-8(16)5-15-9(17)6-14(3)12(15)20/h7,10H,4-6H2,1-3H3,(H,13,16)(H,18,19)/t7?,10-/m0/s1. The lowest BCUT2D eigenvalue weighted by atomic mass is 9.99. The number of imide groups is 1. The van der Waals surface area contributed by atoms with Crippen molar-refractivity contribution in [2.75, 3.05) is 20.1 Å². The zero-order chi connectivity index (χ0) is 15.4. The average Bonchev–Trinajstić information content (AvgIpc) is 2.61. The molecule has 1 unspecified atom stereocenters. The summed E-state index contributed by atoms with van der Waals surface area (Å²) in [5, 5.41) is 11.4. The lowest BCUT2D eigenvalue weighted by Crippen LogP contribution is -2.49. The molecule has 0 spiro atoms. The van der Waals surface area contributed by atoms with E-state index in [1.165, 1.54) is 11.9 Å². The number of nitrogens with one attached hydrogen (secondary N) is 1. The smallest absolute Gasteiger partial charge is 0.327 e. The molecule has 1 fully saturated rings. The van der Waals surface area contributed by atoms with E-state index in [1.54, 1.807) is 6.92 Å². The minimum atomic E-state index is -1.14. The third-order valence-corrected chi connectivity index (χ3v) is 3.33. The molecule has 0 bridgehead atoms. The van der Waals surface area contributed by atoms with Crippen LogP contribution in [0, 0.1) is 5.92 Å². The van der Waals surface area contributed by atoms with Gasteiger partial charge in [-0.3, -0.25) is 14.5 Å². The van der Waals surface area contributed by atoms with Gasteiger partial charge >= 0.3 is 12.0 Å². The maximum atomic E-state index is 11.8. The van der Waals surface area contributed by atoms with Crippen molar-refractivity contribution in [1.82, 2.24) is 15.1 Å². The van der Waals surface area contributed by atoms with Crippen LogP contribution < -0.4 is 5.32 Å². The number of likely N-dealkylation sites (N-methyl/N-ethyl adjacent to an activating group) is 1. The molecule has 2 N–H and O–H groups in total. The van der Waals surface area contributed by atoms with Crippen LogP contribution in [0.2, 0.25) is 0 Å². The lowest BCUT2D eigenvalue weighted by molar-refractivity contribution is -0.143. The minimum Gasteiger partial charge on any atom is -0.480 e. The van der Waals surface area contributed by atoms with Crippen molar-refractivity contribution in [3.8, 4) is 0 Å². The second-order valence-corrected chi connectivity index (χ2v) is 4.89. The van der Waals surface area contributed by atoms with E-state index >= 15 is 0 Å². The van der Waals surface area contributed by atoms with Gasteiger partial charge in [0.2, 0.25) is 5.91 Å². The monoisotopic (exact) mass is 285 g/mol. The number of rotatable bonds is 6. The number of hydrogen-bond donors (Lipinski definition) is 2. The number of urea groups is 1. The number of aliphatic carboxylic acids is 1. The normalized spacial score (nSPS) is 18.1. The third-order valence-electron chi connectivity index (χ3n) is 3.33.